The first-order valence-corrected chi connectivity index (χ1v) is 5.70. The van der Waals surface area contributed by atoms with Crippen LogP contribution in [0.2, 0.25) is 0 Å². The lowest BCUT2D eigenvalue weighted by molar-refractivity contribution is 0.309. The van der Waals surface area contributed by atoms with E-state index in [4.69, 9.17) is 5.73 Å². The van der Waals surface area contributed by atoms with Crippen LogP contribution >= 0.6 is 0 Å². The number of aromatic nitrogens is 2. The van der Waals surface area contributed by atoms with Crippen LogP contribution in [0, 0.1) is 5.41 Å². The van der Waals surface area contributed by atoms with Gasteiger partial charge in [0.1, 0.15) is 0 Å². The standard InChI is InChI=1S/C12H23N3/c1-5-15-9-11(8-14-15)7-12(3,4)6-10(2)13/h8-10H,5-7,13H2,1-4H3. The molecule has 1 aromatic rings. The van der Waals surface area contributed by atoms with Gasteiger partial charge in [-0.25, -0.2) is 0 Å². The molecule has 86 valence electrons. The maximum atomic E-state index is 5.84. The quantitative estimate of drug-likeness (QED) is 0.808. The molecular formula is C12H23N3. The normalized spacial score (nSPS) is 14.2. The Morgan fingerprint density at radius 2 is 2.20 bits per heavy atom. The third-order valence-corrected chi connectivity index (χ3v) is 2.57. The summed E-state index contributed by atoms with van der Waals surface area (Å²) in [6, 6.07) is 0.265. The highest BCUT2D eigenvalue weighted by molar-refractivity contribution is 5.06. The third kappa shape index (κ3) is 4.04. The Hall–Kier alpha value is -0.830. The number of nitrogens with two attached hydrogens (primary N) is 1. The van der Waals surface area contributed by atoms with E-state index >= 15 is 0 Å². The number of rotatable bonds is 5. The minimum absolute atomic E-state index is 0.260. The average molecular weight is 209 g/mol. The van der Waals surface area contributed by atoms with Crippen molar-refractivity contribution in [2.24, 2.45) is 11.1 Å². The van der Waals surface area contributed by atoms with Gasteiger partial charge in [-0.1, -0.05) is 13.8 Å². The summed E-state index contributed by atoms with van der Waals surface area (Å²) in [5.41, 5.74) is 7.41. The van der Waals surface area contributed by atoms with E-state index in [9.17, 15) is 0 Å². The van der Waals surface area contributed by atoms with Gasteiger partial charge in [-0.3, -0.25) is 4.68 Å². The van der Waals surface area contributed by atoms with E-state index in [-0.39, 0.29) is 11.5 Å². The van der Waals surface area contributed by atoms with Crippen LogP contribution in [0.1, 0.15) is 39.7 Å². The van der Waals surface area contributed by atoms with E-state index in [1.807, 2.05) is 10.9 Å². The molecule has 1 aromatic heterocycles. The number of aryl methyl sites for hydroxylation is 1. The van der Waals surface area contributed by atoms with Crippen LogP contribution < -0.4 is 5.73 Å². The van der Waals surface area contributed by atoms with Gasteiger partial charge in [-0.15, -0.1) is 0 Å². The van der Waals surface area contributed by atoms with Crippen LogP contribution in [0.25, 0.3) is 0 Å². The molecule has 0 saturated carbocycles. The van der Waals surface area contributed by atoms with E-state index in [1.165, 1.54) is 5.56 Å². The van der Waals surface area contributed by atoms with Crippen molar-refractivity contribution in [3.8, 4) is 0 Å². The highest BCUT2D eigenvalue weighted by Crippen LogP contribution is 2.26. The number of hydrogen-bond acceptors (Lipinski definition) is 2. The Morgan fingerprint density at radius 1 is 1.53 bits per heavy atom. The predicted octanol–water partition coefficient (Wildman–Crippen LogP) is 2.21. The molecular weight excluding hydrogens is 186 g/mol. The lowest BCUT2D eigenvalue weighted by Gasteiger charge is -2.25. The molecule has 1 heterocycles. The van der Waals surface area contributed by atoms with Crippen LogP contribution in [-0.4, -0.2) is 15.8 Å². The van der Waals surface area contributed by atoms with Crippen molar-refractivity contribution < 1.29 is 0 Å². The first-order valence-electron chi connectivity index (χ1n) is 5.70. The van der Waals surface area contributed by atoms with Crippen LogP contribution in [0.3, 0.4) is 0 Å². The van der Waals surface area contributed by atoms with Crippen molar-refractivity contribution in [3.05, 3.63) is 18.0 Å². The Kier molecular flexibility index (Phi) is 3.91. The van der Waals surface area contributed by atoms with Gasteiger partial charge in [0.2, 0.25) is 0 Å². The largest absolute Gasteiger partial charge is 0.328 e. The Bertz CT molecular complexity index is 300. The highest BCUT2D eigenvalue weighted by Gasteiger charge is 2.20. The second-order valence-electron chi connectivity index (χ2n) is 5.23. The van der Waals surface area contributed by atoms with Crippen LogP contribution in [0.15, 0.2) is 12.4 Å². The van der Waals surface area contributed by atoms with Gasteiger partial charge in [0.05, 0.1) is 6.20 Å². The molecule has 1 atom stereocenters. The molecule has 0 aliphatic carbocycles. The molecule has 0 spiro atoms. The van der Waals surface area contributed by atoms with Crippen molar-refractivity contribution in [2.45, 2.75) is 53.1 Å². The number of hydrogen-bond donors (Lipinski definition) is 1. The Labute approximate surface area is 92.7 Å². The summed E-state index contributed by atoms with van der Waals surface area (Å²) < 4.78 is 1.97. The summed E-state index contributed by atoms with van der Waals surface area (Å²) in [6.07, 6.45) is 6.19. The minimum atomic E-state index is 0.260. The van der Waals surface area contributed by atoms with E-state index in [0.717, 1.165) is 19.4 Å². The zero-order valence-electron chi connectivity index (χ0n) is 10.3. The molecule has 1 unspecified atom stereocenters. The molecule has 0 radical (unpaired) electrons. The molecule has 0 bridgehead atoms. The molecule has 2 N–H and O–H groups in total. The van der Waals surface area contributed by atoms with Crippen molar-refractivity contribution in [2.75, 3.05) is 0 Å². The van der Waals surface area contributed by atoms with Gasteiger partial charge < -0.3 is 5.73 Å². The monoisotopic (exact) mass is 209 g/mol. The van der Waals surface area contributed by atoms with Crippen LogP contribution in [0.5, 0.6) is 0 Å². The Balaban J connectivity index is 2.59. The highest BCUT2D eigenvalue weighted by atomic mass is 15.3. The van der Waals surface area contributed by atoms with Crippen molar-refractivity contribution in [1.29, 1.82) is 0 Å². The second kappa shape index (κ2) is 4.79. The fourth-order valence-corrected chi connectivity index (χ4v) is 2.17. The summed E-state index contributed by atoms with van der Waals surface area (Å²) in [5, 5.41) is 4.28. The maximum absolute atomic E-state index is 5.84. The van der Waals surface area contributed by atoms with E-state index in [2.05, 4.69) is 39.0 Å². The molecule has 0 aliphatic rings. The molecule has 3 heteroatoms. The van der Waals surface area contributed by atoms with Gasteiger partial charge >= 0.3 is 0 Å². The van der Waals surface area contributed by atoms with Gasteiger partial charge in [-0.05, 0) is 37.7 Å². The number of nitrogens with zero attached hydrogens (tertiary/aromatic N) is 2. The SMILES string of the molecule is CCn1cc(CC(C)(C)CC(C)N)cn1. The second-order valence-corrected chi connectivity index (χ2v) is 5.23. The average Bonchev–Trinajstić information content (AvgIpc) is 2.48. The van der Waals surface area contributed by atoms with Gasteiger partial charge in [0.25, 0.3) is 0 Å². The zero-order valence-corrected chi connectivity index (χ0v) is 10.3. The first-order chi connectivity index (χ1) is 6.93. The fraction of sp³-hybridized carbons (Fsp3) is 0.750. The molecule has 3 nitrogen and oxygen atoms in total. The molecule has 0 saturated heterocycles. The van der Waals surface area contributed by atoms with Crippen molar-refractivity contribution in [1.82, 2.24) is 9.78 Å². The van der Waals surface area contributed by atoms with Gasteiger partial charge in [-0.2, -0.15) is 5.10 Å². The fourth-order valence-electron chi connectivity index (χ4n) is 2.17. The lowest BCUT2D eigenvalue weighted by atomic mass is 9.81. The summed E-state index contributed by atoms with van der Waals surface area (Å²) in [5.74, 6) is 0. The minimum Gasteiger partial charge on any atom is -0.328 e. The molecule has 1 rings (SSSR count). The van der Waals surface area contributed by atoms with E-state index in [1.54, 1.807) is 0 Å². The summed E-state index contributed by atoms with van der Waals surface area (Å²) in [6.45, 7) is 9.63. The zero-order chi connectivity index (χ0) is 11.5. The molecule has 0 amide bonds. The Morgan fingerprint density at radius 3 is 2.67 bits per heavy atom. The first kappa shape index (κ1) is 12.2. The van der Waals surface area contributed by atoms with Gasteiger partial charge in [0, 0.05) is 18.8 Å². The van der Waals surface area contributed by atoms with Crippen LogP contribution in [-0.2, 0) is 13.0 Å². The summed E-state index contributed by atoms with van der Waals surface area (Å²) in [7, 11) is 0. The van der Waals surface area contributed by atoms with E-state index in [0.29, 0.717) is 0 Å². The maximum Gasteiger partial charge on any atom is 0.0521 e. The van der Waals surface area contributed by atoms with Crippen molar-refractivity contribution >= 4 is 0 Å². The summed E-state index contributed by atoms with van der Waals surface area (Å²) in [4.78, 5) is 0. The topological polar surface area (TPSA) is 43.8 Å². The third-order valence-electron chi connectivity index (χ3n) is 2.57. The molecule has 0 fully saturated rings. The van der Waals surface area contributed by atoms with Crippen molar-refractivity contribution in [3.63, 3.8) is 0 Å². The molecule has 0 aromatic carbocycles. The van der Waals surface area contributed by atoms with Crippen LogP contribution in [0.4, 0.5) is 0 Å². The molecule has 0 aliphatic heterocycles. The van der Waals surface area contributed by atoms with E-state index < -0.39 is 0 Å². The summed E-state index contributed by atoms with van der Waals surface area (Å²) >= 11 is 0. The predicted molar refractivity (Wildman–Crippen MR) is 63.7 cm³/mol. The molecule has 15 heavy (non-hydrogen) atoms. The lowest BCUT2D eigenvalue weighted by Crippen LogP contribution is -2.26. The van der Waals surface area contributed by atoms with Gasteiger partial charge in [0.15, 0.2) is 0 Å². The smallest absolute Gasteiger partial charge is 0.0521 e.